The Morgan fingerprint density at radius 1 is 1.22 bits per heavy atom. The topological polar surface area (TPSA) is 29.3 Å². The van der Waals surface area contributed by atoms with Gasteiger partial charge in [-0.1, -0.05) is 45.0 Å². The summed E-state index contributed by atoms with van der Waals surface area (Å²) in [5, 5.41) is 0. The van der Waals surface area contributed by atoms with E-state index in [1.54, 1.807) is 0 Å². The number of nitrogens with zero attached hydrogens (tertiary/aromatic N) is 1. The Morgan fingerprint density at radius 3 is 2.22 bits per heavy atom. The second-order valence-electron chi connectivity index (χ2n) is 6.32. The van der Waals surface area contributed by atoms with Crippen LogP contribution < -0.4 is 5.73 Å². The zero-order valence-electron chi connectivity index (χ0n) is 12.7. The first-order valence-electron chi connectivity index (χ1n) is 6.76. The van der Waals surface area contributed by atoms with E-state index in [0.717, 1.165) is 0 Å². The van der Waals surface area contributed by atoms with Gasteiger partial charge in [0.2, 0.25) is 0 Å². The van der Waals surface area contributed by atoms with Crippen molar-refractivity contribution in [1.82, 2.24) is 4.90 Å². The zero-order valence-corrected chi connectivity index (χ0v) is 12.7. The Balaban J connectivity index is 3.01. The molecule has 0 aliphatic rings. The summed E-state index contributed by atoms with van der Waals surface area (Å²) < 4.78 is 0. The van der Waals surface area contributed by atoms with Gasteiger partial charge in [0.25, 0.3) is 0 Å². The molecule has 0 aromatic heterocycles. The molecule has 0 amide bonds. The predicted octanol–water partition coefficient (Wildman–Crippen LogP) is 3.36. The van der Waals surface area contributed by atoms with Crippen molar-refractivity contribution < 1.29 is 0 Å². The van der Waals surface area contributed by atoms with Crippen molar-refractivity contribution in [2.75, 3.05) is 13.6 Å². The first-order valence-corrected chi connectivity index (χ1v) is 6.76. The van der Waals surface area contributed by atoms with Gasteiger partial charge in [-0.15, -0.1) is 0 Å². The van der Waals surface area contributed by atoms with Gasteiger partial charge in [0.15, 0.2) is 0 Å². The largest absolute Gasteiger partial charge is 0.329 e. The lowest BCUT2D eigenvalue weighted by Crippen LogP contribution is -2.43. The molecule has 2 unspecified atom stereocenters. The number of nitrogens with two attached hydrogens (primary N) is 1. The number of benzene rings is 1. The molecule has 1 rings (SSSR count). The summed E-state index contributed by atoms with van der Waals surface area (Å²) >= 11 is 0. The minimum Gasteiger partial charge on any atom is -0.329 e. The summed E-state index contributed by atoms with van der Waals surface area (Å²) in [6.45, 7) is 11.9. The molecule has 0 saturated carbocycles. The second-order valence-corrected chi connectivity index (χ2v) is 6.32. The van der Waals surface area contributed by atoms with Crippen molar-refractivity contribution in [3.8, 4) is 0 Å². The molecule has 2 nitrogen and oxygen atoms in total. The van der Waals surface area contributed by atoms with Gasteiger partial charge in [0, 0.05) is 18.6 Å². The maximum Gasteiger partial charge on any atom is 0.0473 e. The first-order chi connectivity index (χ1) is 8.29. The highest BCUT2D eigenvalue weighted by Gasteiger charge is 2.29. The van der Waals surface area contributed by atoms with Gasteiger partial charge in [0.1, 0.15) is 0 Å². The third-order valence-corrected chi connectivity index (χ3v) is 4.13. The van der Waals surface area contributed by atoms with Crippen LogP contribution in [0.15, 0.2) is 24.3 Å². The molecule has 2 heteroatoms. The van der Waals surface area contributed by atoms with E-state index in [2.05, 4.69) is 70.8 Å². The Bertz CT molecular complexity index is 379. The van der Waals surface area contributed by atoms with Crippen LogP contribution in [0.4, 0.5) is 0 Å². The molecule has 0 aliphatic heterocycles. The predicted molar refractivity (Wildman–Crippen MR) is 79.7 cm³/mol. The molecule has 0 spiro atoms. The van der Waals surface area contributed by atoms with Gasteiger partial charge in [-0.3, -0.25) is 4.90 Å². The normalized spacial score (nSPS) is 15.8. The highest BCUT2D eigenvalue weighted by Crippen LogP contribution is 2.30. The van der Waals surface area contributed by atoms with Crippen LogP contribution >= 0.6 is 0 Å². The van der Waals surface area contributed by atoms with Crippen molar-refractivity contribution in [1.29, 1.82) is 0 Å². The maximum atomic E-state index is 6.01. The summed E-state index contributed by atoms with van der Waals surface area (Å²) in [5.41, 5.74) is 8.94. The van der Waals surface area contributed by atoms with Crippen LogP contribution in [-0.4, -0.2) is 24.5 Å². The van der Waals surface area contributed by atoms with E-state index in [-0.39, 0.29) is 5.41 Å². The molecule has 0 aliphatic carbocycles. The molecule has 0 bridgehead atoms. The fraction of sp³-hybridized carbons (Fsp3) is 0.625. The van der Waals surface area contributed by atoms with E-state index >= 15 is 0 Å². The standard InChI is InChI=1S/C16H28N2/c1-12-9-7-8-10-14(12)15(11-17)18(6)13(2)16(3,4)5/h7-10,13,15H,11,17H2,1-6H3. The summed E-state index contributed by atoms with van der Waals surface area (Å²) in [6, 6.07) is 9.30. The Morgan fingerprint density at radius 2 is 1.78 bits per heavy atom. The van der Waals surface area contributed by atoms with Gasteiger partial charge in [-0.25, -0.2) is 0 Å². The van der Waals surface area contributed by atoms with E-state index in [1.165, 1.54) is 11.1 Å². The SMILES string of the molecule is Cc1ccccc1C(CN)N(C)C(C)C(C)(C)C. The lowest BCUT2D eigenvalue weighted by Gasteiger charge is -2.40. The summed E-state index contributed by atoms with van der Waals surface area (Å²) in [6.07, 6.45) is 0. The van der Waals surface area contributed by atoms with Gasteiger partial charge in [0.05, 0.1) is 0 Å². The van der Waals surface area contributed by atoms with Crippen molar-refractivity contribution in [2.45, 2.75) is 46.7 Å². The van der Waals surface area contributed by atoms with Crippen molar-refractivity contribution in [3.05, 3.63) is 35.4 Å². The quantitative estimate of drug-likeness (QED) is 0.885. The molecule has 2 atom stereocenters. The molecule has 0 fully saturated rings. The van der Waals surface area contributed by atoms with E-state index < -0.39 is 0 Å². The van der Waals surface area contributed by atoms with Gasteiger partial charge in [-0.2, -0.15) is 0 Å². The van der Waals surface area contributed by atoms with Crippen LogP contribution in [0.2, 0.25) is 0 Å². The Labute approximate surface area is 112 Å². The van der Waals surface area contributed by atoms with Gasteiger partial charge >= 0.3 is 0 Å². The summed E-state index contributed by atoms with van der Waals surface area (Å²) in [4.78, 5) is 2.41. The molecule has 102 valence electrons. The number of likely N-dealkylation sites (N-methyl/N-ethyl adjacent to an activating group) is 1. The van der Waals surface area contributed by atoms with Crippen LogP contribution in [0.3, 0.4) is 0 Å². The van der Waals surface area contributed by atoms with Crippen LogP contribution in [0.5, 0.6) is 0 Å². The maximum absolute atomic E-state index is 6.01. The fourth-order valence-electron chi connectivity index (χ4n) is 2.35. The molecule has 2 N–H and O–H groups in total. The van der Waals surface area contributed by atoms with Gasteiger partial charge < -0.3 is 5.73 Å². The lowest BCUT2D eigenvalue weighted by atomic mass is 9.85. The lowest BCUT2D eigenvalue weighted by molar-refractivity contribution is 0.0998. The van der Waals surface area contributed by atoms with E-state index in [4.69, 9.17) is 5.73 Å². The summed E-state index contributed by atoms with van der Waals surface area (Å²) in [5.74, 6) is 0. The monoisotopic (exact) mass is 248 g/mol. The molecule has 0 saturated heterocycles. The fourth-order valence-corrected chi connectivity index (χ4v) is 2.35. The molecule has 1 aromatic carbocycles. The van der Waals surface area contributed by atoms with Crippen LogP contribution in [0.25, 0.3) is 0 Å². The van der Waals surface area contributed by atoms with Gasteiger partial charge in [-0.05, 0) is 37.4 Å². The number of aryl methyl sites for hydroxylation is 1. The number of hydrogen-bond acceptors (Lipinski definition) is 2. The minimum atomic E-state index is 0.255. The average Bonchev–Trinajstić information content (AvgIpc) is 2.30. The second kappa shape index (κ2) is 5.85. The highest BCUT2D eigenvalue weighted by molar-refractivity contribution is 5.29. The third-order valence-electron chi connectivity index (χ3n) is 4.13. The van der Waals surface area contributed by atoms with Crippen molar-refractivity contribution in [3.63, 3.8) is 0 Å². The number of rotatable bonds is 4. The van der Waals surface area contributed by atoms with Crippen molar-refractivity contribution in [2.24, 2.45) is 11.1 Å². The van der Waals surface area contributed by atoms with Crippen LogP contribution in [0.1, 0.15) is 44.9 Å². The van der Waals surface area contributed by atoms with E-state index in [0.29, 0.717) is 18.6 Å². The average molecular weight is 248 g/mol. The Hall–Kier alpha value is -0.860. The molecular weight excluding hydrogens is 220 g/mol. The van der Waals surface area contributed by atoms with E-state index in [9.17, 15) is 0 Å². The molecular formula is C16H28N2. The minimum absolute atomic E-state index is 0.255. The third kappa shape index (κ3) is 3.33. The first kappa shape index (κ1) is 15.2. The van der Waals surface area contributed by atoms with Crippen LogP contribution in [0, 0.1) is 12.3 Å². The molecule has 18 heavy (non-hydrogen) atoms. The molecule has 1 aromatic rings. The number of hydrogen-bond donors (Lipinski definition) is 1. The zero-order chi connectivity index (χ0) is 13.9. The summed E-state index contributed by atoms with van der Waals surface area (Å²) in [7, 11) is 2.18. The highest BCUT2D eigenvalue weighted by atomic mass is 15.2. The molecule has 0 heterocycles. The van der Waals surface area contributed by atoms with Crippen molar-refractivity contribution >= 4 is 0 Å². The molecule has 0 radical (unpaired) electrons. The van der Waals surface area contributed by atoms with Crippen LogP contribution in [-0.2, 0) is 0 Å². The smallest absolute Gasteiger partial charge is 0.0473 e. The Kier molecular flexibility index (Phi) is 4.94. The van der Waals surface area contributed by atoms with E-state index in [1.807, 2.05) is 0 Å².